The molecule has 0 atom stereocenters. The number of hydrogen-bond donors (Lipinski definition) is 0. The molecule has 0 aliphatic carbocycles. The molecule has 33 heavy (non-hydrogen) atoms. The Kier molecular flexibility index (Phi) is 5.01. The Balaban J connectivity index is 1.81. The molecule has 0 unspecified atom stereocenters. The number of fused-ring (bicyclic) bond motifs is 4. The Bertz CT molecular complexity index is 1560. The number of hydrogen-bond acceptors (Lipinski definition) is 1. The maximum absolute atomic E-state index is 8.54. The molecule has 3 aromatic carbocycles. The quantitative estimate of drug-likeness (QED) is 0.222. The number of aromatic nitrogens is 1. The van der Waals surface area contributed by atoms with Crippen LogP contribution >= 0.6 is 0 Å². The van der Waals surface area contributed by atoms with Crippen LogP contribution in [-0.2, 0) is 11.8 Å². The Labute approximate surface area is 205 Å². The van der Waals surface area contributed by atoms with Crippen LogP contribution in [0.2, 0.25) is 0 Å². The van der Waals surface area contributed by atoms with Crippen LogP contribution in [0.25, 0.3) is 41.3 Å². The molecule has 0 radical (unpaired) electrons. The molecule has 1 nitrogen and oxygen atoms in total. The second-order valence-corrected chi connectivity index (χ2v) is 13.7. The van der Waals surface area contributed by atoms with E-state index in [4.69, 9.17) is 6.35 Å². The summed E-state index contributed by atoms with van der Waals surface area (Å²) in [5.74, 6) is 0. The molecule has 2 aromatic heterocycles. The van der Waals surface area contributed by atoms with E-state index in [2.05, 4.69) is 97.0 Å². The zero-order valence-electron chi connectivity index (χ0n) is 21.8. The van der Waals surface area contributed by atoms with Crippen LogP contribution in [-0.4, -0.2) is 19.5 Å². The van der Waals surface area contributed by atoms with Crippen molar-refractivity contribution in [1.29, 1.82) is 0 Å². The zero-order chi connectivity index (χ0) is 24.4. The van der Waals surface area contributed by atoms with Crippen LogP contribution in [0.15, 0.2) is 60.8 Å². The summed E-state index contributed by atoms with van der Waals surface area (Å²) in [6.45, 7) is 16.0. The van der Waals surface area contributed by atoms with Gasteiger partial charge in [-0.3, -0.25) is 0 Å². The number of pyridine rings is 1. The fourth-order valence-corrected chi connectivity index (χ4v) is 7.67. The van der Waals surface area contributed by atoms with E-state index in [1.807, 2.05) is 6.07 Å². The van der Waals surface area contributed by atoms with Gasteiger partial charge >= 0.3 is 205 Å². The molecule has 2 heteroatoms. The van der Waals surface area contributed by atoms with Gasteiger partial charge in [-0.1, -0.05) is 0 Å². The fraction of sp³-hybridized carbons (Fsp3) is 0.323. The molecule has 0 saturated carbocycles. The van der Waals surface area contributed by atoms with Crippen LogP contribution in [0.4, 0.5) is 0 Å². The van der Waals surface area contributed by atoms with Gasteiger partial charge in [-0.15, -0.1) is 0 Å². The standard InChI is InChI=1S/C31H33NSe/c1-19-21(18-30(2,3)4)12-13-24-25-14-15-32-27(29(25)33-28(19)24)22-16-20-10-8-9-11-23(20)26(17-22)31(5,6)7/h8-17H,18H2,1-7H3/i15D. The number of aryl methyl sites for hydroxylation is 1. The molecule has 5 aromatic rings. The Hall–Kier alpha value is -2.41. The Morgan fingerprint density at radius 3 is 2.30 bits per heavy atom. The van der Waals surface area contributed by atoms with Gasteiger partial charge in [0, 0.05) is 0 Å². The first-order valence-corrected chi connectivity index (χ1v) is 13.5. The van der Waals surface area contributed by atoms with Crippen molar-refractivity contribution in [1.82, 2.24) is 4.98 Å². The van der Waals surface area contributed by atoms with Gasteiger partial charge in [-0.05, 0) is 0 Å². The molecule has 0 fully saturated rings. The number of nitrogens with zero attached hydrogens (tertiary/aromatic N) is 1. The predicted molar refractivity (Wildman–Crippen MR) is 146 cm³/mol. The molecule has 0 spiro atoms. The third kappa shape index (κ3) is 4.05. The van der Waals surface area contributed by atoms with Gasteiger partial charge in [-0.25, -0.2) is 0 Å². The van der Waals surface area contributed by atoms with E-state index < -0.39 is 0 Å². The summed E-state index contributed by atoms with van der Waals surface area (Å²) in [4.78, 5) is 4.82. The van der Waals surface area contributed by atoms with Gasteiger partial charge in [0.1, 0.15) is 0 Å². The van der Waals surface area contributed by atoms with Crippen LogP contribution in [0.3, 0.4) is 0 Å². The van der Waals surface area contributed by atoms with Crippen molar-refractivity contribution in [3.8, 4) is 11.3 Å². The van der Waals surface area contributed by atoms with Crippen molar-refractivity contribution in [3.63, 3.8) is 0 Å². The molecule has 0 N–H and O–H groups in total. The van der Waals surface area contributed by atoms with Crippen molar-refractivity contribution in [2.75, 3.05) is 0 Å². The molecule has 168 valence electrons. The van der Waals surface area contributed by atoms with Crippen molar-refractivity contribution >= 4 is 44.6 Å². The first-order valence-electron chi connectivity index (χ1n) is 12.3. The van der Waals surface area contributed by atoms with Crippen LogP contribution in [0.5, 0.6) is 0 Å². The van der Waals surface area contributed by atoms with Gasteiger partial charge in [0.15, 0.2) is 0 Å². The summed E-state index contributed by atoms with van der Waals surface area (Å²) in [5.41, 5.74) is 6.61. The molecule has 0 bridgehead atoms. The van der Waals surface area contributed by atoms with Crippen molar-refractivity contribution in [3.05, 3.63) is 77.5 Å². The van der Waals surface area contributed by atoms with E-state index in [-0.39, 0.29) is 25.3 Å². The maximum atomic E-state index is 8.54. The second kappa shape index (κ2) is 7.83. The van der Waals surface area contributed by atoms with Gasteiger partial charge in [0.25, 0.3) is 0 Å². The van der Waals surface area contributed by atoms with E-state index in [0.717, 1.165) is 17.7 Å². The Morgan fingerprint density at radius 1 is 0.848 bits per heavy atom. The van der Waals surface area contributed by atoms with Crippen molar-refractivity contribution in [2.45, 2.75) is 60.3 Å². The summed E-state index contributed by atoms with van der Waals surface area (Å²) in [7, 11) is 0. The first-order chi connectivity index (χ1) is 15.9. The topological polar surface area (TPSA) is 12.9 Å². The van der Waals surface area contributed by atoms with Gasteiger partial charge in [-0.2, -0.15) is 0 Å². The summed E-state index contributed by atoms with van der Waals surface area (Å²) < 4.78 is 11.3. The fourth-order valence-electron chi connectivity index (χ4n) is 4.91. The predicted octanol–water partition coefficient (Wildman–Crippen LogP) is 8.46. The van der Waals surface area contributed by atoms with E-state index in [1.165, 1.54) is 46.8 Å². The summed E-state index contributed by atoms with van der Waals surface area (Å²) in [5, 5.41) is 5.05. The molecule has 0 aliphatic rings. The van der Waals surface area contributed by atoms with Crippen LogP contribution in [0, 0.1) is 12.3 Å². The second-order valence-electron chi connectivity index (χ2n) is 11.5. The SMILES string of the molecule is [2H]c1cc2c([se]c3c(C)c(CC(C)(C)C)ccc32)c(-c2cc(C(C)(C)C)c3ccccc3c2)n1. The summed E-state index contributed by atoms with van der Waals surface area (Å²) in [6.07, 6.45) is 1.42. The first kappa shape index (κ1) is 21.1. The summed E-state index contributed by atoms with van der Waals surface area (Å²) >= 11 is 0.173. The molecule has 0 aliphatic heterocycles. The summed E-state index contributed by atoms with van der Waals surface area (Å²) in [6, 6.07) is 19.8. The van der Waals surface area contributed by atoms with E-state index in [1.54, 1.807) is 0 Å². The Morgan fingerprint density at radius 2 is 1.58 bits per heavy atom. The average Bonchev–Trinajstić information content (AvgIpc) is 3.12. The third-order valence-corrected chi connectivity index (χ3v) is 9.35. The van der Waals surface area contributed by atoms with Crippen LogP contribution < -0.4 is 0 Å². The van der Waals surface area contributed by atoms with Gasteiger partial charge < -0.3 is 0 Å². The van der Waals surface area contributed by atoms with Crippen molar-refractivity contribution in [2.24, 2.45) is 5.41 Å². The van der Waals surface area contributed by atoms with E-state index >= 15 is 0 Å². The zero-order valence-corrected chi connectivity index (χ0v) is 22.5. The van der Waals surface area contributed by atoms with E-state index in [9.17, 15) is 0 Å². The number of benzene rings is 3. The third-order valence-electron chi connectivity index (χ3n) is 6.52. The molecule has 0 amide bonds. The molecule has 0 saturated heterocycles. The molecule has 5 rings (SSSR count). The minimum absolute atomic E-state index is 0.0178. The van der Waals surface area contributed by atoms with Gasteiger partial charge in [0.05, 0.1) is 0 Å². The molecule has 2 heterocycles. The minimum atomic E-state index is 0.0178. The van der Waals surface area contributed by atoms with Gasteiger partial charge in [0.2, 0.25) is 0 Å². The average molecular weight is 500 g/mol. The van der Waals surface area contributed by atoms with E-state index in [0.29, 0.717) is 6.17 Å². The molecular formula is C31H33NSe. The number of rotatable bonds is 2. The van der Waals surface area contributed by atoms with Crippen molar-refractivity contribution < 1.29 is 1.37 Å². The van der Waals surface area contributed by atoms with Crippen LogP contribution in [0.1, 0.15) is 59.6 Å². The molecular weight excluding hydrogens is 465 g/mol. The monoisotopic (exact) mass is 500 g/mol. The normalized spacial score (nSPS) is 13.2.